The van der Waals surface area contributed by atoms with Gasteiger partial charge in [-0.15, -0.1) is 0 Å². The summed E-state index contributed by atoms with van der Waals surface area (Å²) in [6, 6.07) is 0. The first-order chi connectivity index (χ1) is 11.2. The third kappa shape index (κ3) is 6.56. The van der Waals surface area contributed by atoms with Gasteiger partial charge in [0.2, 0.25) is 0 Å². The van der Waals surface area contributed by atoms with E-state index in [4.69, 9.17) is 9.47 Å². The van der Waals surface area contributed by atoms with E-state index in [2.05, 4.69) is 13.8 Å². The number of hydrogen-bond acceptors (Lipinski definition) is 5. The molecule has 0 heterocycles. The number of aliphatic carboxylic acids is 1. The molecule has 0 bridgehead atoms. The summed E-state index contributed by atoms with van der Waals surface area (Å²) in [6.07, 6.45) is 5.36. The lowest BCUT2D eigenvalue weighted by Crippen LogP contribution is -2.24. The zero-order valence-corrected chi connectivity index (χ0v) is 14.7. The lowest BCUT2D eigenvalue weighted by Gasteiger charge is -2.31. The molecule has 134 valence electrons. The summed E-state index contributed by atoms with van der Waals surface area (Å²) in [4.78, 5) is 33.3. The van der Waals surface area contributed by atoms with Crippen molar-refractivity contribution in [1.82, 2.24) is 0 Å². The molecule has 2 atom stereocenters. The Balaban J connectivity index is 3.01. The molecule has 0 aromatic heterocycles. The first-order valence-electron chi connectivity index (χ1n) is 8.11. The molecule has 0 saturated carbocycles. The maximum absolute atomic E-state index is 11.4. The molecule has 6 heteroatoms. The minimum absolute atomic E-state index is 0.0610. The summed E-state index contributed by atoms with van der Waals surface area (Å²) in [6.45, 7) is 6.79. The Morgan fingerprint density at radius 1 is 1.25 bits per heavy atom. The highest BCUT2D eigenvalue weighted by atomic mass is 16.5. The molecule has 1 N–H and O–H groups in total. The Labute approximate surface area is 142 Å². The third-order valence-electron chi connectivity index (χ3n) is 4.14. The Bertz CT molecular complexity index is 544. The highest BCUT2D eigenvalue weighted by molar-refractivity contribution is 5.87. The van der Waals surface area contributed by atoms with Gasteiger partial charge in [-0.2, -0.15) is 0 Å². The van der Waals surface area contributed by atoms with E-state index in [-0.39, 0.29) is 36.6 Å². The lowest BCUT2D eigenvalue weighted by molar-refractivity contribution is -0.142. The van der Waals surface area contributed by atoms with Crippen LogP contribution in [-0.4, -0.2) is 36.2 Å². The van der Waals surface area contributed by atoms with E-state index in [1.165, 1.54) is 13.8 Å². The van der Waals surface area contributed by atoms with Crippen LogP contribution in [0, 0.1) is 17.8 Å². The van der Waals surface area contributed by atoms with Gasteiger partial charge in [-0.3, -0.25) is 9.59 Å². The van der Waals surface area contributed by atoms with Crippen LogP contribution in [0.1, 0.15) is 40.5 Å². The molecule has 0 fully saturated rings. The average molecular weight is 338 g/mol. The number of carboxylic acids is 1. The third-order valence-corrected chi connectivity index (χ3v) is 4.14. The van der Waals surface area contributed by atoms with Gasteiger partial charge in [-0.1, -0.05) is 26.0 Å². The van der Waals surface area contributed by atoms with Crippen LogP contribution in [-0.2, 0) is 23.9 Å². The van der Waals surface area contributed by atoms with Crippen LogP contribution in [0.5, 0.6) is 0 Å². The van der Waals surface area contributed by atoms with Gasteiger partial charge >= 0.3 is 17.9 Å². The second-order valence-electron chi connectivity index (χ2n) is 6.41. The molecule has 0 aromatic carbocycles. The van der Waals surface area contributed by atoms with Crippen molar-refractivity contribution in [3.05, 3.63) is 23.3 Å². The Hall–Kier alpha value is -2.11. The largest absolute Gasteiger partial charge is 0.478 e. The quantitative estimate of drug-likeness (QED) is 0.436. The molecule has 0 radical (unpaired) electrons. The summed E-state index contributed by atoms with van der Waals surface area (Å²) >= 11 is 0. The van der Waals surface area contributed by atoms with E-state index in [0.717, 1.165) is 18.4 Å². The Kier molecular flexibility index (Phi) is 7.68. The van der Waals surface area contributed by atoms with Crippen LogP contribution in [0.2, 0.25) is 0 Å². The first kappa shape index (κ1) is 19.9. The van der Waals surface area contributed by atoms with Crippen LogP contribution in [0.4, 0.5) is 0 Å². The molecule has 1 aliphatic carbocycles. The van der Waals surface area contributed by atoms with Crippen molar-refractivity contribution in [3.8, 4) is 0 Å². The van der Waals surface area contributed by atoms with Gasteiger partial charge in [0.1, 0.15) is 13.2 Å². The smallest absolute Gasteiger partial charge is 0.334 e. The summed E-state index contributed by atoms with van der Waals surface area (Å²) in [5.41, 5.74) is 1.05. The SMILES string of the molecule is CC(=O)OCC1=C[C@H](/C=C(\COC(C)=O)C(=O)O)[C@@H](C(C)C)CC1. The molecule has 0 saturated heterocycles. The van der Waals surface area contributed by atoms with Crippen molar-refractivity contribution in [2.45, 2.75) is 40.5 Å². The van der Waals surface area contributed by atoms with Gasteiger partial charge in [0.15, 0.2) is 0 Å². The van der Waals surface area contributed by atoms with E-state index in [1.54, 1.807) is 6.08 Å². The fourth-order valence-corrected chi connectivity index (χ4v) is 2.88. The molecular formula is C18H26O6. The van der Waals surface area contributed by atoms with Crippen LogP contribution < -0.4 is 0 Å². The number of allylic oxidation sites excluding steroid dienone is 2. The number of ether oxygens (including phenoxy) is 2. The van der Waals surface area contributed by atoms with Gasteiger partial charge in [0.25, 0.3) is 0 Å². The molecule has 0 unspecified atom stereocenters. The van der Waals surface area contributed by atoms with Crippen molar-refractivity contribution in [2.75, 3.05) is 13.2 Å². The Morgan fingerprint density at radius 2 is 1.88 bits per heavy atom. The maximum atomic E-state index is 11.4. The zero-order chi connectivity index (χ0) is 18.3. The van der Waals surface area contributed by atoms with Crippen molar-refractivity contribution < 1.29 is 29.0 Å². The maximum Gasteiger partial charge on any atom is 0.334 e. The number of esters is 2. The minimum Gasteiger partial charge on any atom is -0.478 e. The van der Waals surface area contributed by atoms with Crippen LogP contribution in [0.3, 0.4) is 0 Å². The normalized spacial score (nSPS) is 21.2. The van der Waals surface area contributed by atoms with E-state index in [0.29, 0.717) is 5.92 Å². The van der Waals surface area contributed by atoms with Gasteiger partial charge in [-0.25, -0.2) is 4.79 Å². The fraction of sp³-hybridized carbons (Fsp3) is 0.611. The molecule has 0 aliphatic heterocycles. The van der Waals surface area contributed by atoms with E-state index in [1.807, 2.05) is 6.08 Å². The molecular weight excluding hydrogens is 312 g/mol. The first-order valence-corrected chi connectivity index (χ1v) is 8.11. The van der Waals surface area contributed by atoms with Crippen LogP contribution in [0.15, 0.2) is 23.3 Å². The highest BCUT2D eigenvalue weighted by Gasteiger charge is 2.27. The monoisotopic (exact) mass is 338 g/mol. The van der Waals surface area contributed by atoms with Gasteiger partial charge in [-0.05, 0) is 36.2 Å². The van der Waals surface area contributed by atoms with E-state index in [9.17, 15) is 19.5 Å². The average Bonchev–Trinajstić information content (AvgIpc) is 2.48. The molecule has 0 spiro atoms. The lowest BCUT2D eigenvalue weighted by atomic mass is 9.74. The number of carbonyl (C=O) groups excluding carboxylic acids is 2. The van der Waals surface area contributed by atoms with Gasteiger partial charge in [0, 0.05) is 13.8 Å². The van der Waals surface area contributed by atoms with Crippen molar-refractivity contribution in [2.24, 2.45) is 17.8 Å². The van der Waals surface area contributed by atoms with Crippen LogP contribution in [0.25, 0.3) is 0 Å². The minimum atomic E-state index is -1.10. The predicted octanol–water partition coefficient (Wildman–Crippen LogP) is 2.73. The number of carbonyl (C=O) groups is 3. The number of hydrogen-bond donors (Lipinski definition) is 1. The second kappa shape index (κ2) is 9.25. The molecule has 0 aromatic rings. The van der Waals surface area contributed by atoms with Crippen molar-refractivity contribution in [1.29, 1.82) is 0 Å². The van der Waals surface area contributed by atoms with Gasteiger partial charge < -0.3 is 14.6 Å². The molecule has 6 nitrogen and oxygen atoms in total. The predicted molar refractivity (Wildman–Crippen MR) is 88.1 cm³/mol. The zero-order valence-electron chi connectivity index (χ0n) is 14.7. The summed E-state index contributed by atoms with van der Waals surface area (Å²) in [5, 5.41) is 9.33. The summed E-state index contributed by atoms with van der Waals surface area (Å²) < 4.78 is 9.87. The fourth-order valence-electron chi connectivity index (χ4n) is 2.88. The molecule has 1 rings (SSSR count). The Morgan fingerprint density at radius 3 is 2.38 bits per heavy atom. The molecule has 24 heavy (non-hydrogen) atoms. The molecule has 0 amide bonds. The summed E-state index contributed by atoms with van der Waals surface area (Å²) in [5.74, 6) is -1.38. The second-order valence-corrected chi connectivity index (χ2v) is 6.41. The van der Waals surface area contributed by atoms with Crippen molar-refractivity contribution >= 4 is 17.9 Å². The molecule has 1 aliphatic rings. The standard InChI is InChI=1S/C18H26O6/c1-11(2)17-6-5-14(9-23-12(3)19)7-15(17)8-16(18(21)22)10-24-13(4)20/h7-8,11,15,17H,5-6,9-10H2,1-4H3,(H,21,22)/b16-8+/t15-,17-/m1/s1. The topological polar surface area (TPSA) is 89.9 Å². The van der Waals surface area contributed by atoms with E-state index < -0.39 is 11.9 Å². The van der Waals surface area contributed by atoms with E-state index >= 15 is 0 Å². The van der Waals surface area contributed by atoms with Crippen LogP contribution >= 0.6 is 0 Å². The number of carboxylic acid groups (broad SMARTS) is 1. The highest BCUT2D eigenvalue weighted by Crippen LogP contribution is 2.35. The van der Waals surface area contributed by atoms with Crippen molar-refractivity contribution in [3.63, 3.8) is 0 Å². The number of rotatable bonds is 7. The van der Waals surface area contributed by atoms with Gasteiger partial charge in [0.05, 0.1) is 5.57 Å². The summed E-state index contributed by atoms with van der Waals surface area (Å²) in [7, 11) is 0.